The van der Waals surface area contributed by atoms with Crippen LogP contribution >= 0.6 is 0 Å². The maximum atomic E-state index is 12.5. The normalized spacial score (nSPS) is 12.9. The molecule has 0 radical (unpaired) electrons. The molecule has 2 aromatic carbocycles. The molecule has 0 saturated carbocycles. The lowest BCUT2D eigenvalue weighted by Gasteiger charge is -2.19. The second-order valence-corrected chi connectivity index (χ2v) is 7.15. The molecular formula is C23H23NO6. The fourth-order valence-electron chi connectivity index (χ4n) is 3.10. The third-order valence-electron chi connectivity index (χ3n) is 5.01. The van der Waals surface area contributed by atoms with Crippen molar-refractivity contribution in [3.63, 3.8) is 0 Å². The van der Waals surface area contributed by atoms with Crippen LogP contribution in [0.2, 0.25) is 0 Å². The number of ether oxygens (including phenoxy) is 1. The molecular weight excluding hydrogens is 386 g/mol. The van der Waals surface area contributed by atoms with Crippen LogP contribution in [-0.2, 0) is 16.0 Å². The van der Waals surface area contributed by atoms with Gasteiger partial charge >= 0.3 is 11.6 Å². The first-order valence-electron chi connectivity index (χ1n) is 9.54. The topological polar surface area (TPSA) is 106 Å². The number of carboxylic acids is 1. The Hall–Kier alpha value is -3.61. The van der Waals surface area contributed by atoms with Gasteiger partial charge in [0, 0.05) is 23.4 Å². The summed E-state index contributed by atoms with van der Waals surface area (Å²) in [4.78, 5) is 36.0. The molecule has 0 bridgehead atoms. The average Bonchev–Trinajstić information content (AvgIpc) is 2.72. The summed E-state index contributed by atoms with van der Waals surface area (Å²) in [5.41, 5.74) is 2.11. The molecule has 2 N–H and O–H groups in total. The number of rotatable bonds is 7. The van der Waals surface area contributed by atoms with E-state index in [-0.39, 0.29) is 6.42 Å². The molecule has 0 aliphatic carbocycles. The molecule has 1 aromatic heterocycles. The average molecular weight is 409 g/mol. The van der Waals surface area contributed by atoms with Crippen LogP contribution in [0.1, 0.15) is 23.6 Å². The minimum absolute atomic E-state index is 0.161. The van der Waals surface area contributed by atoms with Gasteiger partial charge in [-0.15, -0.1) is 0 Å². The Bertz CT molecular complexity index is 1140. The van der Waals surface area contributed by atoms with E-state index in [1.165, 1.54) is 6.92 Å². The zero-order valence-corrected chi connectivity index (χ0v) is 17.0. The van der Waals surface area contributed by atoms with E-state index in [1.807, 2.05) is 25.1 Å². The SMILES string of the molecule is Cc1c(C)c2ccc(O[C@@H](C)C(=O)N[C@@H](Cc3ccccc3)C(=O)O)cc2oc1=O. The summed E-state index contributed by atoms with van der Waals surface area (Å²) in [7, 11) is 0. The molecule has 7 heteroatoms. The van der Waals surface area contributed by atoms with Crippen molar-refractivity contribution in [1.82, 2.24) is 5.32 Å². The van der Waals surface area contributed by atoms with Crippen molar-refractivity contribution >= 4 is 22.8 Å². The van der Waals surface area contributed by atoms with Crippen LogP contribution in [0.25, 0.3) is 11.0 Å². The Balaban J connectivity index is 1.72. The number of aliphatic carboxylic acids is 1. The van der Waals surface area contributed by atoms with Gasteiger partial charge in [0.25, 0.3) is 5.91 Å². The largest absolute Gasteiger partial charge is 0.481 e. The van der Waals surface area contributed by atoms with Crippen molar-refractivity contribution in [2.24, 2.45) is 0 Å². The van der Waals surface area contributed by atoms with Gasteiger partial charge in [-0.3, -0.25) is 4.79 Å². The zero-order valence-electron chi connectivity index (χ0n) is 17.0. The number of carbonyl (C=O) groups excluding carboxylic acids is 1. The number of hydrogen-bond acceptors (Lipinski definition) is 5. The number of amides is 1. The Morgan fingerprint density at radius 2 is 1.80 bits per heavy atom. The number of aryl methyl sites for hydroxylation is 1. The fourth-order valence-corrected chi connectivity index (χ4v) is 3.10. The van der Waals surface area contributed by atoms with Gasteiger partial charge in [0.15, 0.2) is 6.10 Å². The van der Waals surface area contributed by atoms with E-state index in [0.717, 1.165) is 16.5 Å². The second kappa shape index (κ2) is 8.82. The van der Waals surface area contributed by atoms with Crippen LogP contribution < -0.4 is 15.7 Å². The van der Waals surface area contributed by atoms with E-state index >= 15 is 0 Å². The number of carboxylic acid groups (broad SMARTS) is 1. The van der Waals surface area contributed by atoms with E-state index in [4.69, 9.17) is 9.15 Å². The molecule has 0 saturated heterocycles. The second-order valence-electron chi connectivity index (χ2n) is 7.15. The number of fused-ring (bicyclic) bond motifs is 1. The predicted octanol–water partition coefficient (Wildman–Crippen LogP) is 2.99. The number of nitrogens with one attached hydrogen (secondary N) is 1. The van der Waals surface area contributed by atoms with Crippen LogP contribution in [0.3, 0.4) is 0 Å². The highest BCUT2D eigenvalue weighted by atomic mass is 16.5. The third kappa shape index (κ3) is 4.68. The highest BCUT2D eigenvalue weighted by Crippen LogP contribution is 2.24. The summed E-state index contributed by atoms with van der Waals surface area (Å²) >= 11 is 0. The van der Waals surface area contributed by atoms with Crippen molar-refractivity contribution in [2.75, 3.05) is 0 Å². The Morgan fingerprint density at radius 3 is 2.47 bits per heavy atom. The van der Waals surface area contributed by atoms with Crippen molar-refractivity contribution in [3.8, 4) is 5.75 Å². The quantitative estimate of drug-likeness (QED) is 0.581. The van der Waals surface area contributed by atoms with Crippen molar-refractivity contribution in [2.45, 2.75) is 39.3 Å². The van der Waals surface area contributed by atoms with Gasteiger partial charge in [-0.2, -0.15) is 0 Å². The van der Waals surface area contributed by atoms with Gasteiger partial charge in [0.05, 0.1) is 0 Å². The lowest BCUT2D eigenvalue weighted by molar-refractivity contribution is -0.142. The summed E-state index contributed by atoms with van der Waals surface area (Å²) in [5, 5.41) is 12.7. The van der Waals surface area contributed by atoms with Crippen molar-refractivity contribution in [3.05, 3.63) is 75.6 Å². The molecule has 0 unspecified atom stereocenters. The summed E-state index contributed by atoms with van der Waals surface area (Å²) in [6, 6.07) is 13.0. The highest BCUT2D eigenvalue weighted by Gasteiger charge is 2.24. The van der Waals surface area contributed by atoms with E-state index in [9.17, 15) is 19.5 Å². The molecule has 30 heavy (non-hydrogen) atoms. The predicted molar refractivity (Wildman–Crippen MR) is 112 cm³/mol. The van der Waals surface area contributed by atoms with Gasteiger partial charge < -0.3 is 19.6 Å². The minimum atomic E-state index is -1.13. The summed E-state index contributed by atoms with van der Waals surface area (Å²) in [6.07, 6.45) is -0.785. The van der Waals surface area contributed by atoms with E-state index < -0.39 is 29.6 Å². The van der Waals surface area contributed by atoms with Crippen LogP contribution in [0.15, 0.2) is 57.7 Å². The third-order valence-corrected chi connectivity index (χ3v) is 5.01. The van der Waals surface area contributed by atoms with Gasteiger partial charge in [0.2, 0.25) is 0 Å². The molecule has 0 aliphatic heterocycles. The number of hydrogen-bond donors (Lipinski definition) is 2. The van der Waals surface area contributed by atoms with Crippen molar-refractivity contribution < 1.29 is 23.8 Å². The van der Waals surface area contributed by atoms with Gasteiger partial charge in [-0.05, 0) is 44.0 Å². The minimum Gasteiger partial charge on any atom is -0.481 e. The van der Waals surface area contributed by atoms with E-state index in [0.29, 0.717) is 16.9 Å². The first kappa shape index (κ1) is 21.1. The van der Waals surface area contributed by atoms with Crippen LogP contribution in [-0.4, -0.2) is 29.1 Å². The van der Waals surface area contributed by atoms with Crippen LogP contribution in [0.5, 0.6) is 5.75 Å². The lowest BCUT2D eigenvalue weighted by atomic mass is 10.1. The fraction of sp³-hybridized carbons (Fsp3) is 0.261. The summed E-state index contributed by atoms with van der Waals surface area (Å²) in [5.74, 6) is -1.34. The van der Waals surface area contributed by atoms with Crippen LogP contribution in [0, 0.1) is 13.8 Å². The Labute approximate surface area is 173 Å². The maximum absolute atomic E-state index is 12.5. The monoisotopic (exact) mass is 409 g/mol. The molecule has 156 valence electrons. The zero-order chi connectivity index (χ0) is 21.8. The first-order valence-corrected chi connectivity index (χ1v) is 9.54. The molecule has 2 atom stereocenters. The smallest absolute Gasteiger partial charge is 0.339 e. The molecule has 0 fully saturated rings. The molecule has 1 heterocycles. The molecule has 3 aromatic rings. The van der Waals surface area contributed by atoms with Gasteiger partial charge in [-0.1, -0.05) is 30.3 Å². The van der Waals surface area contributed by atoms with Crippen LogP contribution in [0.4, 0.5) is 0 Å². The van der Waals surface area contributed by atoms with Gasteiger partial charge in [-0.25, -0.2) is 9.59 Å². The first-order chi connectivity index (χ1) is 14.3. The summed E-state index contributed by atoms with van der Waals surface area (Å²) < 4.78 is 11.0. The number of benzene rings is 2. The Morgan fingerprint density at radius 1 is 1.10 bits per heavy atom. The molecule has 7 nitrogen and oxygen atoms in total. The molecule has 0 spiro atoms. The molecule has 0 aliphatic rings. The molecule has 3 rings (SSSR count). The lowest BCUT2D eigenvalue weighted by Crippen LogP contribution is -2.47. The molecule has 1 amide bonds. The standard InChI is InChI=1S/C23H23NO6/c1-13-14(2)23(28)30-20-12-17(9-10-18(13)20)29-15(3)21(25)24-19(22(26)27)11-16-7-5-4-6-8-16/h4-10,12,15,19H,11H2,1-3H3,(H,24,25)(H,26,27)/t15-,19-/m0/s1. The highest BCUT2D eigenvalue weighted by molar-refractivity contribution is 5.87. The van der Waals surface area contributed by atoms with E-state index in [2.05, 4.69) is 5.32 Å². The Kier molecular flexibility index (Phi) is 6.20. The maximum Gasteiger partial charge on any atom is 0.339 e. The van der Waals surface area contributed by atoms with Gasteiger partial charge in [0.1, 0.15) is 17.4 Å². The van der Waals surface area contributed by atoms with E-state index in [1.54, 1.807) is 37.3 Å². The number of carbonyl (C=O) groups is 2. The summed E-state index contributed by atoms with van der Waals surface area (Å²) in [6.45, 7) is 5.06. The van der Waals surface area contributed by atoms with Crippen molar-refractivity contribution in [1.29, 1.82) is 0 Å².